The first-order valence-corrected chi connectivity index (χ1v) is 8.83. The molecule has 2 nitrogen and oxygen atoms in total. The quantitative estimate of drug-likeness (QED) is 0.667. The fraction of sp³-hybridized carbons (Fsp3) is 0.188. The molecular weight excluding hydrogens is 361 g/mol. The summed E-state index contributed by atoms with van der Waals surface area (Å²) >= 11 is 19.4. The summed E-state index contributed by atoms with van der Waals surface area (Å²) < 4.78 is 0. The molecule has 0 radical (unpaired) electrons. The third-order valence-corrected chi connectivity index (χ3v) is 5.05. The molecule has 2 aromatic carbocycles. The first kappa shape index (κ1) is 17.5. The molecule has 0 bridgehead atoms. The first-order chi connectivity index (χ1) is 10.5. The summed E-state index contributed by atoms with van der Waals surface area (Å²) in [6.45, 7) is 2.06. The van der Waals surface area contributed by atoms with Gasteiger partial charge >= 0.3 is 0 Å². The van der Waals surface area contributed by atoms with Crippen molar-refractivity contribution in [3.05, 3.63) is 62.6 Å². The van der Waals surface area contributed by atoms with Crippen molar-refractivity contribution in [2.24, 2.45) is 0 Å². The Hall–Kier alpha value is -0.870. The second-order valence-corrected chi connectivity index (χ2v) is 6.92. The molecule has 0 saturated heterocycles. The average molecular weight is 375 g/mol. The highest BCUT2D eigenvalue weighted by molar-refractivity contribution is 7.99. The van der Waals surface area contributed by atoms with Crippen LogP contribution in [0.2, 0.25) is 15.1 Å². The van der Waals surface area contributed by atoms with Gasteiger partial charge in [-0.3, -0.25) is 4.79 Å². The predicted molar refractivity (Wildman–Crippen MR) is 97.4 cm³/mol. The standard InChI is InChI=1S/C16H14Cl3NOS/c1-10-4-2-3-5-11(10)8-22-9-16(21)20-15-7-13(18)12(17)6-14(15)19/h2-7H,8-9H2,1H3,(H,20,21). The van der Waals surface area contributed by atoms with E-state index < -0.39 is 0 Å². The Morgan fingerprint density at radius 3 is 2.50 bits per heavy atom. The molecule has 0 aliphatic rings. The van der Waals surface area contributed by atoms with Crippen molar-refractivity contribution in [1.29, 1.82) is 0 Å². The van der Waals surface area contributed by atoms with Crippen LogP contribution < -0.4 is 5.32 Å². The van der Waals surface area contributed by atoms with E-state index in [0.29, 0.717) is 26.5 Å². The molecule has 22 heavy (non-hydrogen) atoms. The number of aryl methyl sites for hydroxylation is 1. The highest BCUT2D eigenvalue weighted by atomic mass is 35.5. The largest absolute Gasteiger partial charge is 0.324 e. The molecule has 1 amide bonds. The number of carbonyl (C=O) groups excluding carboxylic acids is 1. The molecule has 0 unspecified atom stereocenters. The zero-order valence-electron chi connectivity index (χ0n) is 11.8. The highest BCUT2D eigenvalue weighted by Crippen LogP contribution is 2.32. The molecule has 0 aliphatic heterocycles. The predicted octanol–water partition coefficient (Wildman–Crippen LogP) is 5.83. The molecule has 2 aromatic rings. The molecule has 6 heteroatoms. The summed E-state index contributed by atoms with van der Waals surface area (Å²) in [4.78, 5) is 12.0. The lowest BCUT2D eigenvalue weighted by molar-refractivity contribution is -0.113. The third kappa shape index (κ3) is 4.82. The zero-order valence-corrected chi connectivity index (χ0v) is 14.9. The van der Waals surface area contributed by atoms with Gasteiger partial charge in [0.05, 0.1) is 26.5 Å². The van der Waals surface area contributed by atoms with Gasteiger partial charge in [0.1, 0.15) is 0 Å². The Bertz CT molecular complexity index is 691. The van der Waals surface area contributed by atoms with Crippen LogP contribution in [0, 0.1) is 6.92 Å². The minimum atomic E-state index is -0.126. The van der Waals surface area contributed by atoms with Gasteiger partial charge in [0.25, 0.3) is 0 Å². The van der Waals surface area contributed by atoms with Crippen LogP contribution in [-0.4, -0.2) is 11.7 Å². The van der Waals surface area contributed by atoms with E-state index in [1.165, 1.54) is 17.2 Å². The number of benzene rings is 2. The van der Waals surface area contributed by atoms with E-state index in [0.717, 1.165) is 5.75 Å². The lowest BCUT2D eigenvalue weighted by Crippen LogP contribution is -2.14. The smallest absolute Gasteiger partial charge is 0.234 e. The number of hydrogen-bond acceptors (Lipinski definition) is 2. The number of nitrogens with one attached hydrogen (secondary N) is 1. The van der Waals surface area contributed by atoms with E-state index >= 15 is 0 Å². The van der Waals surface area contributed by atoms with Crippen molar-refractivity contribution in [3.63, 3.8) is 0 Å². The number of carbonyl (C=O) groups is 1. The van der Waals surface area contributed by atoms with Crippen molar-refractivity contribution in [2.45, 2.75) is 12.7 Å². The van der Waals surface area contributed by atoms with Crippen LogP contribution in [0.5, 0.6) is 0 Å². The number of thioether (sulfide) groups is 1. The Labute approximate surface area is 149 Å². The van der Waals surface area contributed by atoms with Crippen LogP contribution in [0.3, 0.4) is 0 Å². The van der Waals surface area contributed by atoms with Gasteiger partial charge in [-0.05, 0) is 30.2 Å². The van der Waals surface area contributed by atoms with E-state index in [-0.39, 0.29) is 5.91 Å². The van der Waals surface area contributed by atoms with Crippen molar-refractivity contribution < 1.29 is 4.79 Å². The van der Waals surface area contributed by atoms with E-state index in [1.54, 1.807) is 17.8 Å². The van der Waals surface area contributed by atoms with E-state index in [2.05, 4.69) is 24.4 Å². The van der Waals surface area contributed by atoms with E-state index in [4.69, 9.17) is 34.8 Å². The van der Waals surface area contributed by atoms with Crippen molar-refractivity contribution in [2.75, 3.05) is 11.1 Å². The molecular formula is C16H14Cl3NOS. The minimum Gasteiger partial charge on any atom is -0.324 e. The number of hydrogen-bond donors (Lipinski definition) is 1. The van der Waals surface area contributed by atoms with Crippen molar-refractivity contribution >= 4 is 58.2 Å². The van der Waals surface area contributed by atoms with Gasteiger partial charge in [0.15, 0.2) is 0 Å². The summed E-state index contributed by atoms with van der Waals surface area (Å²) in [6, 6.07) is 11.2. The molecule has 0 spiro atoms. The molecule has 0 atom stereocenters. The maximum Gasteiger partial charge on any atom is 0.234 e. The van der Waals surface area contributed by atoms with Crippen LogP contribution in [0.1, 0.15) is 11.1 Å². The molecule has 2 rings (SSSR count). The highest BCUT2D eigenvalue weighted by Gasteiger charge is 2.09. The molecule has 0 aliphatic carbocycles. The van der Waals surface area contributed by atoms with Gasteiger partial charge in [0, 0.05) is 5.75 Å². The van der Waals surface area contributed by atoms with Gasteiger partial charge in [-0.15, -0.1) is 11.8 Å². The minimum absolute atomic E-state index is 0.126. The monoisotopic (exact) mass is 373 g/mol. The Morgan fingerprint density at radius 2 is 1.77 bits per heavy atom. The fourth-order valence-corrected chi connectivity index (χ4v) is 3.33. The molecule has 116 valence electrons. The van der Waals surface area contributed by atoms with Crippen LogP contribution in [0.15, 0.2) is 36.4 Å². The second kappa shape index (κ2) is 8.11. The van der Waals surface area contributed by atoms with E-state index in [1.807, 2.05) is 12.1 Å². The number of anilines is 1. The summed E-state index contributed by atoms with van der Waals surface area (Å²) in [5.41, 5.74) is 2.92. The molecule has 0 aromatic heterocycles. The zero-order chi connectivity index (χ0) is 16.1. The average Bonchev–Trinajstić information content (AvgIpc) is 2.47. The Kier molecular flexibility index (Phi) is 6.45. The summed E-state index contributed by atoms with van der Waals surface area (Å²) in [5.74, 6) is 0.999. The third-order valence-electron chi connectivity index (χ3n) is 3.04. The van der Waals surface area contributed by atoms with Crippen LogP contribution >= 0.6 is 46.6 Å². The summed E-state index contributed by atoms with van der Waals surface area (Å²) in [5, 5.41) is 3.83. The topological polar surface area (TPSA) is 29.1 Å². The second-order valence-electron chi connectivity index (χ2n) is 4.71. The Morgan fingerprint density at radius 1 is 1.09 bits per heavy atom. The number of rotatable bonds is 5. The molecule has 1 N–H and O–H groups in total. The van der Waals surface area contributed by atoms with Crippen molar-refractivity contribution in [1.82, 2.24) is 0 Å². The van der Waals surface area contributed by atoms with Crippen LogP contribution in [0.4, 0.5) is 5.69 Å². The van der Waals surface area contributed by atoms with Gasteiger partial charge in [-0.1, -0.05) is 59.1 Å². The fourth-order valence-electron chi connectivity index (χ4n) is 1.83. The van der Waals surface area contributed by atoms with Gasteiger partial charge in [-0.2, -0.15) is 0 Å². The SMILES string of the molecule is Cc1ccccc1CSCC(=O)Nc1cc(Cl)c(Cl)cc1Cl. The maximum absolute atomic E-state index is 12.0. The number of halogens is 3. The van der Waals surface area contributed by atoms with Gasteiger partial charge in [-0.25, -0.2) is 0 Å². The lowest BCUT2D eigenvalue weighted by atomic mass is 10.1. The Balaban J connectivity index is 1.89. The summed E-state index contributed by atoms with van der Waals surface area (Å²) in [6.07, 6.45) is 0. The summed E-state index contributed by atoms with van der Waals surface area (Å²) in [7, 11) is 0. The van der Waals surface area contributed by atoms with Gasteiger partial charge < -0.3 is 5.32 Å². The molecule has 0 saturated carbocycles. The van der Waals surface area contributed by atoms with Crippen molar-refractivity contribution in [3.8, 4) is 0 Å². The van der Waals surface area contributed by atoms with Crippen LogP contribution in [-0.2, 0) is 10.5 Å². The lowest BCUT2D eigenvalue weighted by Gasteiger charge is -2.09. The maximum atomic E-state index is 12.0. The van der Waals surface area contributed by atoms with Gasteiger partial charge in [0.2, 0.25) is 5.91 Å². The molecule has 0 heterocycles. The molecule has 0 fully saturated rings. The first-order valence-electron chi connectivity index (χ1n) is 6.54. The number of amides is 1. The van der Waals surface area contributed by atoms with Crippen LogP contribution in [0.25, 0.3) is 0 Å². The normalized spacial score (nSPS) is 10.5. The van der Waals surface area contributed by atoms with E-state index in [9.17, 15) is 4.79 Å².